The number of nitrogens with one attached hydrogen (secondary N) is 1. The molecular formula is C17H18F2N2O2. The third kappa shape index (κ3) is 5.58. The molecule has 1 N–H and O–H groups in total. The summed E-state index contributed by atoms with van der Waals surface area (Å²) in [7, 11) is 1.75. The molecule has 4 nitrogen and oxygen atoms in total. The number of amides is 1. The van der Waals surface area contributed by atoms with Crippen LogP contribution < -0.4 is 15.0 Å². The highest BCUT2D eigenvalue weighted by Crippen LogP contribution is 2.12. The SMILES string of the molecule is CN(CC(=O)NCCOc1ccc(F)cc1)c1ccc(F)cc1. The summed E-state index contributed by atoms with van der Waals surface area (Å²) in [5.41, 5.74) is 0.754. The predicted molar refractivity (Wildman–Crippen MR) is 84.6 cm³/mol. The highest BCUT2D eigenvalue weighted by molar-refractivity contribution is 5.81. The second kappa shape index (κ2) is 8.12. The Morgan fingerprint density at radius 3 is 2.22 bits per heavy atom. The van der Waals surface area contributed by atoms with Gasteiger partial charge in [0.1, 0.15) is 24.0 Å². The minimum atomic E-state index is -0.325. The summed E-state index contributed by atoms with van der Waals surface area (Å²) in [5, 5.41) is 2.72. The van der Waals surface area contributed by atoms with Crippen LogP contribution in [0.3, 0.4) is 0 Å². The summed E-state index contributed by atoms with van der Waals surface area (Å²) in [6.45, 7) is 0.785. The molecule has 2 rings (SSSR count). The van der Waals surface area contributed by atoms with E-state index in [4.69, 9.17) is 4.74 Å². The highest BCUT2D eigenvalue weighted by Gasteiger charge is 2.07. The van der Waals surface area contributed by atoms with Gasteiger partial charge in [-0.1, -0.05) is 0 Å². The van der Waals surface area contributed by atoms with Crippen LogP contribution in [0, 0.1) is 11.6 Å². The van der Waals surface area contributed by atoms with E-state index >= 15 is 0 Å². The fourth-order valence-corrected chi connectivity index (χ4v) is 1.95. The van der Waals surface area contributed by atoms with Crippen LogP contribution in [0.25, 0.3) is 0 Å². The van der Waals surface area contributed by atoms with Gasteiger partial charge in [-0.3, -0.25) is 4.79 Å². The number of halogens is 2. The molecule has 2 aromatic carbocycles. The minimum absolute atomic E-state index is 0.155. The quantitative estimate of drug-likeness (QED) is 0.797. The summed E-state index contributed by atoms with van der Waals surface area (Å²) in [4.78, 5) is 13.5. The van der Waals surface area contributed by atoms with E-state index in [1.807, 2.05) is 0 Å². The number of hydrogen-bond acceptors (Lipinski definition) is 3. The number of benzene rings is 2. The van der Waals surface area contributed by atoms with Crippen LogP contribution in [-0.2, 0) is 4.79 Å². The number of hydrogen-bond donors (Lipinski definition) is 1. The van der Waals surface area contributed by atoms with Gasteiger partial charge >= 0.3 is 0 Å². The van der Waals surface area contributed by atoms with Crippen molar-refractivity contribution >= 4 is 11.6 Å². The number of nitrogens with zero attached hydrogens (tertiary/aromatic N) is 1. The highest BCUT2D eigenvalue weighted by atomic mass is 19.1. The molecule has 0 saturated carbocycles. The maximum atomic E-state index is 12.8. The molecule has 1 amide bonds. The average Bonchev–Trinajstić information content (AvgIpc) is 2.54. The van der Waals surface area contributed by atoms with Crippen molar-refractivity contribution in [2.45, 2.75) is 0 Å². The zero-order valence-electron chi connectivity index (χ0n) is 12.8. The molecule has 0 aliphatic rings. The second-order valence-corrected chi connectivity index (χ2v) is 4.98. The zero-order valence-corrected chi connectivity index (χ0v) is 12.8. The van der Waals surface area contributed by atoms with Gasteiger partial charge < -0.3 is 15.0 Å². The van der Waals surface area contributed by atoms with Crippen molar-refractivity contribution in [3.05, 3.63) is 60.2 Å². The van der Waals surface area contributed by atoms with E-state index in [0.29, 0.717) is 12.3 Å². The Kier molecular flexibility index (Phi) is 5.91. The first-order valence-corrected chi connectivity index (χ1v) is 7.16. The van der Waals surface area contributed by atoms with Crippen LogP contribution in [0.4, 0.5) is 14.5 Å². The lowest BCUT2D eigenvalue weighted by Gasteiger charge is -2.18. The smallest absolute Gasteiger partial charge is 0.239 e. The lowest BCUT2D eigenvalue weighted by molar-refractivity contribution is -0.119. The molecule has 0 saturated heterocycles. The minimum Gasteiger partial charge on any atom is -0.492 e. The van der Waals surface area contributed by atoms with Gasteiger partial charge in [0.25, 0.3) is 0 Å². The monoisotopic (exact) mass is 320 g/mol. The maximum absolute atomic E-state index is 12.8. The third-order valence-corrected chi connectivity index (χ3v) is 3.15. The fraction of sp³-hybridized carbons (Fsp3) is 0.235. The van der Waals surface area contributed by atoms with Crippen molar-refractivity contribution < 1.29 is 18.3 Å². The molecular weight excluding hydrogens is 302 g/mol. The fourth-order valence-electron chi connectivity index (χ4n) is 1.95. The van der Waals surface area contributed by atoms with Gasteiger partial charge in [0.2, 0.25) is 5.91 Å². The number of ether oxygens (including phenoxy) is 1. The lowest BCUT2D eigenvalue weighted by atomic mass is 10.3. The van der Waals surface area contributed by atoms with Gasteiger partial charge in [0.15, 0.2) is 0 Å². The summed E-state index contributed by atoms with van der Waals surface area (Å²) in [5.74, 6) is -0.261. The first-order chi connectivity index (χ1) is 11.0. The van der Waals surface area contributed by atoms with E-state index in [9.17, 15) is 13.6 Å². The molecule has 0 heterocycles. The van der Waals surface area contributed by atoms with E-state index < -0.39 is 0 Å². The van der Waals surface area contributed by atoms with Gasteiger partial charge in [-0.05, 0) is 48.5 Å². The molecule has 2 aromatic rings. The zero-order chi connectivity index (χ0) is 16.7. The maximum Gasteiger partial charge on any atom is 0.239 e. The van der Waals surface area contributed by atoms with Crippen molar-refractivity contribution in [1.82, 2.24) is 5.32 Å². The van der Waals surface area contributed by atoms with Crippen LogP contribution >= 0.6 is 0 Å². The van der Waals surface area contributed by atoms with Gasteiger partial charge in [-0.15, -0.1) is 0 Å². The van der Waals surface area contributed by atoms with Crippen molar-refractivity contribution in [2.24, 2.45) is 0 Å². The Balaban J connectivity index is 1.68. The molecule has 23 heavy (non-hydrogen) atoms. The number of carbonyl (C=O) groups is 1. The summed E-state index contributed by atoms with van der Waals surface area (Å²) < 4.78 is 31.0. The van der Waals surface area contributed by atoms with Crippen molar-refractivity contribution in [2.75, 3.05) is 31.6 Å². The van der Waals surface area contributed by atoms with Crippen LogP contribution in [0.15, 0.2) is 48.5 Å². The first-order valence-electron chi connectivity index (χ1n) is 7.16. The van der Waals surface area contributed by atoms with E-state index in [1.54, 1.807) is 24.1 Å². The number of rotatable bonds is 7. The number of anilines is 1. The van der Waals surface area contributed by atoms with Crippen molar-refractivity contribution in [3.8, 4) is 5.75 Å². The molecule has 0 spiro atoms. The van der Waals surface area contributed by atoms with Gasteiger partial charge in [0, 0.05) is 12.7 Å². The topological polar surface area (TPSA) is 41.6 Å². The molecule has 122 valence electrons. The van der Waals surface area contributed by atoms with Crippen LogP contribution in [0.2, 0.25) is 0 Å². The van der Waals surface area contributed by atoms with Gasteiger partial charge in [-0.25, -0.2) is 8.78 Å². The van der Waals surface area contributed by atoms with Crippen LogP contribution in [0.5, 0.6) is 5.75 Å². The molecule has 0 aromatic heterocycles. The molecule has 0 aliphatic heterocycles. The third-order valence-electron chi connectivity index (χ3n) is 3.15. The Bertz CT molecular complexity index is 630. The number of likely N-dealkylation sites (N-methyl/N-ethyl adjacent to an activating group) is 1. The number of carbonyl (C=O) groups excluding carboxylic acids is 1. The Morgan fingerprint density at radius 1 is 1.04 bits per heavy atom. The molecule has 0 atom stereocenters. The molecule has 0 fully saturated rings. The van der Waals surface area contributed by atoms with Crippen molar-refractivity contribution in [1.29, 1.82) is 0 Å². The van der Waals surface area contributed by atoms with Crippen LogP contribution in [-0.4, -0.2) is 32.7 Å². The molecule has 0 bridgehead atoms. The summed E-state index contributed by atoms with van der Waals surface area (Å²) in [6.07, 6.45) is 0. The van der Waals surface area contributed by atoms with E-state index in [-0.39, 0.29) is 30.7 Å². The summed E-state index contributed by atoms with van der Waals surface area (Å²) >= 11 is 0. The van der Waals surface area contributed by atoms with Crippen LogP contribution in [0.1, 0.15) is 0 Å². The lowest BCUT2D eigenvalue weighted by Crippen LogP contribution is -2.37. The Hall–Kier alpha value is -2.63. The Morgan fingerprint density at radius 2 is 1.61 bits per heavy atom. The molecule has 0 aliphatic carbocycles. The molecule has 0 radical (unpaired) electrons. The van der Waals surface area contributed by atoms with E-state index in [1.165, 1.54) is 36.4 Å². The average molecular weight is 320 g/mol. The predicted octanol–water partition coefficient (Wildman–Crippen LogP) is 2.60. The normalized spacial score (nSPS) is 10.2. The van der Waals surface area contributed by atoms with Gasteiger partial charge in [-0.2, -0.15) is 0 Å². The Labute approximate surface area is 133 Å². The van der Waals surface area contributed by atoms with E-state index in [2.05, 4.69) is 5.32 Å². The largest absolute Gasteiger partial charge is 0.492 e. The van der Waals surface area contributed by atoms with Crippen molar-refractivity contribution in [3.63, 3.8) is 0 Å². The second-order valence-electron chi connectivity index (χ2n) is 4.98. The molecule has 0 unspecified atom stereocenters. The first kappa shape index (κ1) is 16.7. The molecule has 6 heteroatoms. The standard InChI is InChI=1S/C17H18F2N2O2/c1-21(15-6-2-13(18)3-7-15)12-17(22)20-10-11-23-16-8-4-14(19)5-9-16/h2-9H,10-12H2,1H3,(H,20,22). The van der Waals surface area contributed by atoms with Gasteiger partial charge in [0.05, 0.1) is 13.1 Å². The van der Waals surface area contributed by atoms with E-state index in [0.717, 1.165) is 5.69 Å². The summed E-state index contributed by atoms with van der Waals surface area (Å²) in [6, 6.07) is 11.6.